The summed E-state index contributed by atoms with van der Waals surface area (Å²) in [5.41, 5.74) is 0.851. The van der Waals surface area contributed by atoms with Crippen molar-refractivity contribution in [3.63, 3.8) is 0 Å². The molecule has 0 bridgehead atoms. The van der Waals surface area contributed by atoms with Gasteiger partial charge in [0.2, 0.25) is 0 Å². The highest BCUT2D eigenvalue weighted by atomic mass is 16.5. The molecule has 0 amide bonds. The first-order valence-electron chi connectivity index (χ1n) is 4.44. The molecule has 0 aromatic carbocycles. The molecule has 3 nitrogen and oxygen atoms in total. The van der Waals surface area contributed by atoms with Gasteiger partial charge in [0.05, 0.1) is 5.69 Å². The molecular formula is C10H15NO2. The summed E-state index contributed by atoms with van der Waals surface area (Å²) in [5, 5.41) is 3.89. The third-order valence-corrected chi connectivity index (χ3v) is 1.82. The third kappa shape index (κ3) is 2.68. The predicted molar refractivity (Wildman–Crippen MR) is 49.6 cm³/mol. The first-order chi connectivity index (χ1) is 6.04. The number of aldehydes is 1. The third-order valence-electron chi connectivity index (χ3n) is 1.82. The van der Waals surface area contributed by atoms with Crippen molar-refractivity contribution < 1.29 is 9.32 Å². The second-order valence-electron chi connectivity index (χ2n) is 4.14. The average Bonchev–Trinajstić information content (AvgIpc) is 2.47. The van der Waals surface area contributed by atoms with Crippen LogP contribution in [0.25, 0.3) is 0 Å². The maximum absolute atomic E-state index is 10.1. The Balaban J connectivity index is 2.69. The lowest BCUT2D eigenvalue weighted by atomic mass is 9.93. The lowest BCUT2D eigenvalue weighted by Crippen LogP contribution is -2.09. The van der Waals surface area contributed by atoms with Crippen LogP contribution in [0.4, 0.5) is 0 Å². The van der Waals surface area contributed by atoms with Gasteiger partial charge in [-0.1, -0.05) is 25.9 Å². The molecule has 1 aromatic rings. The summed E-state index contributed by atoms with van der Waals surface area (Å²) >= 11 is 0. The van der Waals surface area contributed by atoms with Crippen LogP contribution in [0, 0.1) is 0 Å². The van der Waals surface area contributed by atoms with E-state index >= 15 is 0 Å². The van der Waals surface area contributed by atoms with Crippen LogP contribution in [0.3, 0.4) is 0 Å². The monoisotopic (exact) mass is 181 g/mol. The number of nitrogens with zero attached hydrogens (tertiary/aromatic N) is 1. The minimum atomic E-state index is -0.00751. The Labute approximate surface area is 78.1 Å². The van der Waals surface area contributed by atoms with Crippen molar-refractivity contribution in [2.45, 2.75) is 39.0 Å². The summed E-state index contributed by atoms with van der Waals surface area (Å²) in [6, 6.07) is 1.92. The van der Waals surface area contributed by atoms with Gasteiger partial charge in [-0.3, -0.25) is 0 Å². The quantitative estimate of drug-likeness (QED) is 0.671. The largest absolute Gasteiger partial charge is 0.361 e. The molecule has 0 atom stereocenters. The highest BCUT2D eigenvalue weighted by molar-refractivity contribution is 5.49. The highest BCUT2D eigenvalue weighted by Crippen LogP contribution is 2.22. The molecule has 0 N–H and O–H groups in total. The summed E-state index contributed by atoms with van der Waals surface area (Å²) in [6.07, 6.45) is 2.07. The number of aryl methyl sites for hydroxylation is 1. The topological polar surface area (TPSA) is 43.1 Å². The zero-order valence-corrected chi connectivity index (χ0v) is 8.33. The normalized spacial score (nSPS) is 11.6. The zero-order valence-electron chi connectivity index (χ0n) is 8.33. The molecule has 13 heavy (non-hydrogen) atoms. The molecule has 0 saturated heterocycles. The summed E-state index contributed by atoms with van der Waals surface area (Å²) in [5.74, 6) is 0.869. The molecule has 1 heterocycles. The van der Waals surface area contributed by atoms with Gasteiger partial charge in [-0.15, -0.1) is 0 Å². The highest BCUT2D eigenvalue weighted by Gasteiger charge is 2.19. The van der Waals surface area contributed by atoms with E-state index in [1.807, 2.05) is 6.07 Å². The van der Waals surface area contributed by atoms with Crippen molar-refractivity contribution in [2.24, 2.45) is 0 Å². The first kappa shape index (κ1) is 9.96. The molecule has 0 aliphatic rings. The maximum Gasteiger partial charge on any atom is 0.142 e. The average molecular weight is 181 g/mol. The summed E-state index contributed by atoms with van der Waals surface area (Å²) in [6.45, 7) is 6.20. The van der Waals surface area contributed by atoms with Crippen molar-refractivity contribution >= 4 is 6.29 Å². The van der Waals surface area contributed by atoms with Gasteiger partial charge in [0.15, 0.2) is 0 Å². The van der Waals surface area contributed by atoms with E-state index in [1.165, 1.54) is 0 Å². The molecule has 0 fully saturated rings. The van der Waals surface area contributed by atoms with Crippen LogP contribution in [0.1, 0.15) is 38.6 Å². The number of carbonyl (C=O) groups is 1. The molecule has 0 unspecified atom stereocenters. The Morgan fingerprint density at radius 1 is 1.54 bits per heavy atom. The Morgan fingerprint density at radius 3 is 2.69 bits per heavy atom. The van der Waals surface area contributed by atoms with E-state index in [0.717, 1.165) is 17.7 Å². The Kier molecular flexibility index (Phi) is 2.86. The first-order valence-corrected chi connectivity index (χ1v) is 4.44. The fourth-order valence-corrected chi connectivity index (χ4v) is 0.990. The van der Waals surface area contributed by atoms with E-state index in [0.29, 0.717) is 12.8 Å². The molecule has 0 spiro atoms. The Hall–Kier alpha value is -1.12. The molecule has 1 aromatic heterocycles. The Bertz CT molecular complexity index is 283. The second-order valence-corrected chi connectivity index (χ2v) is 4.14. The molecule has 0 saturated carbocycles. The lowest BCUT2D eigenvalue weighted by Gasteiger charge is -2.12. The van der Waals surface area contributed by atoms with Crippen molar-refractivity contribution in [3.8, 4) is 0 Å². The zero-order chi connectivity index (χ0) is 9.90. The minimum Gasteiger partial charge on any atom is -0.361 e. The van der Waals surface area contributed by atoms with Crippen LogP contribution in [-0.2, 0) is 16.6 Å². The molecule has 0 aliphatic heterocycles. The number of rotatable bonds is 3. The molecular weight excluding hydrogens is 166 g/mol. The van der Waals surface area contributed by atoms with Gasteiger partial charge in [0, 0.05) is 17.9 Å². The van der Waals surface area contributed by atoms with Crippen LogP contribution in [0.5, 0.6) is 0 Å². The lowest BCUT2D eigenvalue weighted by molar-refractivity contribution is -0.107. The molecule has 0 aliphatic carbocycles. The van der Waals surface area contributed by atoms with E-state index in [2.05, 4.69) is 25.9 Å². The van der Waals surface area contributed by atoms with Crippen molar-refractivity contribution in [1.29, 1.82) is 0 Å². The number of aromatic nitrogens is 1. The van der Waals surface area contributed by atoms with Gasteiger partial charge in [-0.2, -0.15) is 0 Å². The standard InChI is InChI=1S/C10H15NO2/c1-10(2,3)9-7-8(11-13-9)5-4-6-12/h6-7H,4-5H2,1-3H3. The van der Waals surface area contributed by atoms with E-state index < -0.39 is 0 Å². The van der Waals surface area contributed by atoms with E-state index in [-0.39, 0.29) is 5.41 Å². The molecule has 72 valence electrons. The van der Waals surface area contributed by atoms with Crippen molar-refractivity contribution in [2.75, 3.05) is 0 Å². The number of hydrogen-bond acceptors (Lipinski definition) is 3. The fraction of sp³-hybridized carbons (Fsp3) is 0.600. The maximum atomic E-state index is 10.1. The molecule has 1 rings (SSSR count). The fourth-order valence-electron chi connectivity index (χ4n) is 0.990. The summed E-state index contributed by atoms with van der Waals surface area (Å²) in [7, 11) is 0. The van der Waals surface area contributed by atoms with Gasteiger partial charge in [-0.05, 0) is 6.42 Å². The van der Waals surface area contributed by atoms with E-state index in [1.54, 1.807) is 0 Å². The van der Waals surface area contributed by atoms with Gasteiger partial charge >= 0.3 is 0 Å². The summed E-state index contributed by atoms with van der Waals surface area (Å²) in [4.78, 5) is 10.1. The smallest absolute Gasteiger partial charge is 0.142 e. The van der Waals surface area contributed by atoms with Crippen LogP contribution < -0.4 is 0 Å². The summed E-state index contributed by atoms with van der Waals surface area (Å²) < 4.78 is 5.16. The SMILES string of the molecule is CC(C)(C)c1cc(CCC=O)no1. The number of hydrogen-bond donors (Lipinski definition) is 0. The number of carbonyl (C=O) groups excluding carboxylic acids is 1. The van der Waals surface area contributed by atoms with Gasteiger partial charge in [0.1, 0.15) is 12.0 Å². The predicted octanol–water partition coefficient (Wildman–Crippen LogP) is 2.10. The van der Waals surface area contributed by atoms with Gasteiger partial charge < -0.3 is 9.32 Å². The Morgan fingerprint density at radius 2 is 2.23 bits per heavy atom. The van der Waals surface area contributed by atoms with Crippen LogP contribution in [0.2, 0.25) is 0 Å². The molecule has 3 heteroatoms. The van der Waals surface area contributed by atoms with Gasteiger partial charge in [-0.25, -0.2) is 0 Å². The molecule has 0 radical (unpaired) electrons. The van der Waals surface area contributed by atoms with Crippen molar-refractivity contribution in [3.05, 3.63) is 17.5 Å². The van der Waals surface area contributed by atoms with E-state index in [4.69, 9.17) is 4.52 Å². The van der Waals surface area contributed by atoms with Crippen LogP contribution in [-0.4, -0.2) is 11.4 Å². The minimum absolute atomic E-state index is 0.00751. The van der Waals surface area contributed by atoms with Crippen molar-refractivity contribution in [1.82, 2.24) is 5.16 Å². The van der Waals surface area contributed by atoms with Gasteiger partial charge in [0.25, 0.3) is 0 Å². The van der Waals surface area contributed by atoms with Crippen LogP contribution >= 0.6 is 0 Å². The second kappa shape index (κ2) is 3.73. The van der Waals surface area contributed by atoms with E-state index in [9.17, 15) is 4.79 Å². The van der Waals surface area contributed by atoms with Crippen LogP contribution in [0.15, 0.2) is 10.6 Å².